The molecule has 0 aromatic heterocycles. The largest absolute Gasteiger partial charge is 0.484 e. The van der Waals surface area contributed by atoms with Gasteiger partial charge < -0.3 is 20.1 Å². The Morgan fingerprint density at radius 1 is 0.750 bits per heavy atom. The third-order valence-electron chi connectivity index (χ3n) is 5.24. The van der Waals surface area contributed by atoms with E-state index in [1.54, 1.807) is 48.5 Å². The average Bonchev–Trinajstić information content (AvgIpc) is 2.83. The summed E-state index contributed by atoms with van der Waals surface area (Å²) >= 11 is 0. The first-order valence-corrected chi connectivity index (χ1v) is 10.5. The van der Waals surface area contributed by atoms with Gasteiger partial charge in [0.15, 0.2) is 13.2 Å². The van der Waals surface area contributed by atoms with Crippen LogP contribution < -0.4 is 20.1 Å². The second kappa shape index (κ2) is 11.5. The smallest absolute Gasteiger partial charge is 0.258 e. The highest BCUT2D eigenvalue weighted by Crippen LogP contribution is 2.19. The summed E-state index contributed by atoms with van der Waals surface area (Å²) in [5.74, 6) is 5.73. The van der Waals surface area contributed by atoms with Crippen LogP contribution in [0.15, 0.2) is 48.5 Å². The molecule has 0 bridgehead atoms. The van der Waals surface area contributed by atoms with E-state index in [-0.39, 0.29) is 37.1 Å². The SMILES string of the molecule is C#Cc1ccc(OCC(=O)N[C@@H]2CCCC[C@H]2NC(=O)COc2ccc(C#C)cc2)cc1. The van der Waals surface area contributed by atoms with Crippen molar-refractivity contribution >= 4 is 11.8 Å². The van der Waals surface area contributed by atoms with Gasteiger partial charge in [-0.15, -0.1) is 12.8 Å². The van der Waals surface area contributed by atoms with Crippen LogP contribution in [0.2, 0.25) is 0 Å². The van der Waals surface area contributed by atoms with Gasteiger partial charge in [0.1, 0.15) is 11.5 Å². The minimum Gasteiger partial charge on any atom is -0.484 e. The van der Waals surface area contributed by atoms with Gasteiger partial charge in [-0.3, -0.25) is 9.59 Å². The van der Waals surface area contributed by atoms with Gasteiger partial charge in [0, 0.05) is 23.2 Å². The van der Waals surface area contributed by atoms with E-state index in [0.717, 1.165) is 36.8 Å². The van der Waals surface area contributed by atoms with Crippen LogP contribution in [0.4, 0.5) is 0 Å². The highest BCUT2D eigenvalue weighted by molar-refractivity contribution is 5.79. The second-order valence-corrected chi connectivity index (χ2v) is 7.55. The number of nitrogens with one attached hydrogen (secondary N) is 2. The molecule has 0 heterocycles. The number of hydrogen-bond acceptors (Lipinski definition) is 4. The molecule has 2 aromatic carbocycles. The van der Waals surface area contributed by atoms with E-state index < -0.39 is 0 Å². The van der Waals surface area contributed by atoms with Crippen molar-refractivity contribution in [2.24, 2.45) is 0 Å². The number of carbonyl (C=O) groups excluding carboxylic acids is 2. The summed E-state index contributed by atoms with van der Waals surface area (Å²) in [4.78, 5) is 24.8. The van der Waals surface area contributed by atoms with Crippen LogP contribution in [0.5, 0.6) is 11.5 Å². The lowest BCUT2D eigenvalue weighted by molar-refractivity contribution is -0.127. The first-order chi connectivity index (χ1) is 15.6. The zero-order chi connectivity index (χ0) is 22.8. The molecule has 2 atom stereocenters. The molecule has 2 amide bonds. The van der Waals surface area contributed by atoms with E-state index in [9.17, 15) is 9.59 Å². The average molecular weight is 431 g/mol. The molecule has 2 N–H and O–H groups in total. The molecule has 1 aliphatic rings. The quantitative estimate of drug-likeness (QED) is 0.632. The maximum absolute atomic E-state index is 12.4. The number of amides is 2. The summed E-state index contributed by atoms with van der Waals surface area (Å²) in [7, 11) is 0. The first kappa shape index (κ1) is 22.8. The molecule has 0 aliphatic heterocycles. The third kappa shape index (κ3) is 6.82. The van der Waals surface area contributed by atoms with Crippen molar-refractivity contribution in [1.29, 1.82) is 0 Å². The van der Waals surface area contributed by atoms with Gasteiger partial charge in [0.25, 0.3) is 11.8 Å². The number of carbonyl (C=O) groups is 2. The van der Waals surface area contributed by atoms with E-state index in [1.165, 1.54) is 0 Å². The fourth-order valence-corrected chi connectivity index (χ4v) is 3.57. The summed E-state index contributed by atoms with van der Waals surface area (Å²) in [6.07, 6.45) is 14.2. The molecule has 6 nitrogen and oxygen atoms in total. The van der Waals surface area contributed by atoms with Gasteiger partial charge >= 0.3 is 0 Å². The Hall–Kier alpha value is -3.90. The molecule has 1 aliphatic carbocycles. The predicted octanol–water partition coefficient (Wildman–Crippen LogP) is 2.65. The van der Waals surface area contributed by atoms with E-state index in [2.05, 4.69) is 22.5 Å². The normalized spacial score (nSPS) is 17.3. The number of ether oxygens (including phenoxy) is 2. The molecular formula is C26H26N2O4. The maximum atomic E-state index is 12.4. The van der Waals surface area contributed by atoms with Gasteiger partial charge in [0.2, 0.25) is 0 Å². The number of terminal acetylenes is 2. The molecule has 2 aromatic rings. The van der Waals surface area contributed by atoms with E-state index in [0.29, 0.717) is 11.5 Å². The Labute approximate surface area is 188 Å². The van der Waals surface area contributed by atoms with Crippen LogP contribution >= 0.6 is 0 Å². The summed E-state index contributed by atoms with van der Waals surface area (Å²) in [6, 6.07) is 13.6. The lowest BCUT2D eigenvalue weighted by Crippen LogP contribution is -2.54. The van der Waals surface area contributed by atoms with Crippen LogP contribution in [0.25, 0.3) is 0 Å². The van der Waals surface area contributed by atoms with Crippen molar-refractivity contribution in [3.8, 4) is 36.2 Å². The van der Waals surface area contributed by atoms with Gasteiger partial charge in [-0.25, -0.2) is 0 Å². The van der Waals surface area contributed by atoms with E-state index in [1.807, 2.05) is 0 Å². The summed E-state index contributed by atoms with van der Waals surface area (Å²) in [5.41, 5.74) is 1.49. The highest BCUT2D eigenvalue weighted by atomic mass is 16.5. The lowest BCUT2D eigenvalue weighted by Gasteiger charge is -2.32. The molecule has 0 radical (unpaired) electrons. The predicted molar refractivity (Wildman–Crippen MR) is 122 cm³/mol. The zero-order valence-electron chi connectivity index (χ0n) is 17.8. The Morgan fingerprint density at radius 2 is 1.12 bits per heavy atom. The molecule has 1 saturated carbocycles. The van der Waals surface area contributed by atoms with E-state index in [4.69, 9.17) is 22.3 Å². The van der Waals surface area contributed by atoms with Crippen molar-refractivity contribution in [2.45, 2.75) is 37.8 Å². The van der Waals surface area contributed by atoms with Crippen molar-refractivity contribution in [1.82, 2.24) is 10.6 Å². The summed E-state index contributed by atoms with van der Waals surface area (Å²) in [5, 5.41) is 5.97. The van der Waals surface area contributed by atoms with Crippen molar-refractivity contribution in [2.75, 3.05) is 13.2 Å². The Morgan fingerprint density at radius 3 is 1.47 bits per heavy atom. The van der Waals surface area contributed by atoms with Gasteiger partial charge in [0.05, 0.1) is 0 Å². The Balaban J connectivity index is 1.45. The van der Waals surface area contributed by atoms with Gasteiger partial charge in [-0.1, -0.05) is 24.7 Å². The minimum absolute atomic E-state index is 0.108. The van der Waals surface area contributed by atoms with Crippen molar-refractivity contribution in [3.63, 3.8) is 0 Å². The van der Waals surface area contributed by atoms with Crippen LogP contribution in [-0.2, 0) is 9.59 Å². The maximum Gasteiger partial charge on any atom is 0.258 e. The van der Waals surface area contributed by atoms with E-state index >= 15 is 0 Å². The molecule has 3 rings (SSSR count). The molecule has 0 spiro atoms. The van der Waals surface area contributed by atoms with Crippen molar-refractivity contribution in [3.05, 3.63) is 59.7 Å². The van der Waals surface area contributed by atoms with Gasteiger partial charge in [-0.2, -0.15) is 0 Å². The molecular weight excluding hydrogens is 404 g/mol. The molecule has 1 fully saturated rings. The van der Waals surface area contributed by atoms with Gasteiger partial charge in [-0.05, 0) is 61.4 Å². The number of rotatable bonds is 8. The summed E-state index contributed by atoms with van der Waals surface area (Å²) < 4.78 is 11.1. The Bertz CT molecular complexity index is 917. The molecule has 0 unspecified atom stereocenters. The highest BCUT2D eigenvalue weighted by Gasteiger charge is 2.28. The number of benzene rings is 2. The molecule has 6 heteroatoms. The van der Waals surface area contributed by atoms with Crippen LogP contribution in [0.1, 0.15) is 36.8 Å². The topological polar surface area (TPSA) is 76.7 Å². The third-order valence-corrected chi connectivity index (χ3v) is 5.24. The van der Waals surface area contributed by atoms with Crippen molar-refractivity contribution < 1.29 is 19.1 Å². The lowest BCUT2D eigenvalue weighted by atomic mass is 9.90. The second-order valence-electron chi connectivity index (χ2n) is 7.55. The zero-order valence-corrected chi connectivity index (χ0v) is 17.8. The standard InChI is InChI=1S/C26H26N2O4/c1-3-19-9-13-21(14-10-19)31-17-25(29)27-23-7-5-6-8-24(23)28-26(30)18-32-22-15-11-20(4-2)12-16-22/h1-2,9-16,23-24H,5-8,17-18H2,(H,27,29)(H,28,30)/t23-,24-/m1/s1. The molecule has 32 heavy (non-hydrogen) atoms. The van der Waals surface area contributed by atoms with Crippen LogP contribution in [0.3, 0.4) is 0 Å². The molecule has 0 saturated heterocycles. The summed E-state index contributed by atoms with van der Waals surface area (Å²) in [6.45, 7) is -0.216. The molecule has 164 valence electrons. The Kier molecular flexibility index (Phi) is 8.17. The first-order valence-electron chi connectivity index (χ1n) is 10.5. The fraction of sp³-hybridized carbons (Fsp3) is 0.308. The number of hydrogen-bond donors (Lipinski definition) is 2. The minimum atomic E-state index is -0.234. The van der Waals surface area contributed by atoms with Crippen LogP contribution in [0, 0.1) is 24.7 Å². The fourth-order valence-electron chi connectivity index (χ4n) is 3.57. The monoisotopic (exact) mass is 430 g/mol. The van der Waals surface area contributed by atoms with Crippen LogP contribution in [-0.4, -0.2) is 37.1 Å².